The van der Waals surface area contributed by atoms with Gasteiger partial charge in [-0.25, -0.2) is 24.9 Å². The molecule has 3 aromatic heterocycles. The molecule has 1 fully saturated rings. The highest BCUT2D eigenvalue weighted by Crippen LogP contribution is 2.32. The lowest BCUT2D eigenvalue weighted by atomic mass is 10.0. The summed E-state index contributed by atoms with van der Waals surface area (Å²) in [5.74, 6) is 1.06. The summed E-state index contributed by atoms with van der Waals surface area (Å²) in [6.45, 7) is 4.73. The highest BCUT2D eigenvalue weighted by molar-refractivity contribution is 5.94. The van der Waals surface area contributed by atoms with E-state index in [1.165, 1.54) is 5.56 Å². The minimum absolute atomic E-state index is 0.223. The fourth-order valence-electron chi connectivity index (χ4n) is 5.86. The molecule has 1 aliphatic heterocycles. The molecule has 0 atom stereocenters. The van der Waals surface area contributed by atoms with Crippen molar-refractivity contribution >= 4 is 27.9 Å². The van der Waals surface area contributed by atoms with Gasteiger partial charge in [0.05, 0.1) is 39.8 Å². The van der Waals surface area contributed by atoms with Gasteiger partial charge in [-0.3, -0.25) is 4.90 Å². The Bertz CT molecular complexity index is 1930. The highest BCUT2D eigenvalue weighted by Gasteiger charge is 2.17. The number of hydrogen-bond acceptors (Lipinski definition) is 8. The maximum Gasteiger partial charge on any atom is 0.234 e. The molecule has 9 nitrogen and oxygen atoms in total. The van der Waals surface area contributed by atoms with Crippen molar-refractivity contribution in [3.05, 3.63) is 96.7 Å². The summed E-state index contributed by atoms with van der Waals surface area (Å²) >= 11 is 0. The van der Waals surface area contributed by atoms with E-state index < -0.39 is 0 Å². The molecule has 0 aliphatic carbocycles. The van der Waals surface area contributed by atoms with Crippen LogP contribution in [0, 0.1) is 11.3 Å². The van der Waals surface area contributed by atoms with Crippen LogP contribution >= 0.6 is 0 Å². The van der Waals surface area contributed by atoms with E-state index in [4.69, 9.17) is 15.2 Å². The van der Waals surface area contributed by atoms with Gasteiger partial charge in [0, 0.05) is 57.1 Å². The van der Waals surface area contributed by atoms with Crippen LogP contribution in [0.15, 0.2) is 85.3 Å². The largest absolute Gasteiger partial charge is 0.356 e. The molecule has 212 valence electrons. The van der Waals surface area contributed by atoms with E-state index in [0.717, 1.165) is 96.0 Å². The van der Waals surface area contributed by atoms with Crippen molar-refractivity contribution in [2.24, 2.45) is 7.05 Å². The van der Waals surface area contributed by atoms with Gasteiger partial charge < -0.3 is 9.47 Å². The smallest absolute Gasteiger partial charge is 0.234 e. The van der Waals surface area contributed by atoms with Crippen LogP contribution in [-0.4, -0.2) is 60.6 Å². The number of aromatic nitrogens is 6. The normalized spacial score (nSPS) is 14.5. The first-order valence-electron chi connectivity index (χ1n) is 14.6. The van der Waals surface area contributed by atoms with Crippen LogP contribution in [0.25, 0.3) is 44.6 Å². The molecular weight excluding hydrogens is 534 g/mol. The second-order valence-corrected chi connectivity index (χ2v) is 11.0. The van der Waals surface area contributed by atoms with Crippen molar-refractivity contribution in [3.63, 3.8) is 0 Å². The van der Waals surface area contributed by atoms with Crippen molar-refractivity contribution in [2.45, 2.75) is 19.4 Å². The van der Waals surface area contributed by atoms with Gasteiger partial charge in [-0.1, -0.05) is 54.6 Å². The van der Waals surface area contributed by atoms with Crippen LogP contribution in [0.5, 0.6) is 0 Å². The van der Waals surface area contributed by atoms with E-state index >= 15 is 0 Å². The van der Waals surface area contributed by atoms with Gasteiger partial charge in [0.1, 0.15) is 11.9 Å². The minimum atomic E-state index is 0.223. The molecule has 7 rings (SSSR count). The summed E-state index contributed by atoms with van der Waals surface area (Å²) in [5.41, 5.74) is 8.76. The fourth-order valence-corrected chi connectivity index (χ4v) is 5.86. The molecule has 43 heavy (non-hydrogen) atoms. The quantitative estimate of drug-likeness (QED) is 0.266. The number of imidazole rings is 1. The van der Waals surface area contributed by atoms with Crippen LogP contribution in [0.3, 0.4) is 0 Å². The summed E-state index contributed by atoms with van der Waals surface area (Å²) in [6, 6.07) is 27.1. The molecule has 1 aliphatic rings. The number of anilines is 1. The Hall–Kier alpha value is -5.20. The Balaban J connectivity index is 1.11. The van der Waals surface area contributed by atoms with Crippen molar-refractivity contribution in [2.75, 3.05) is 31.1 Å². The van der Waals surface area contributed by atoms with E-state index in [-0.39, 0.29) is 5.82 Å². The monoisotopic (exact) mass is 565 g/mol. The number of nitriles is 1. The van der Waals surface area contributed by atoms with Crippen LogP contribution in [0.2, 0.25) is 0 Å². The lowest BCUT2D eigenvalue weighted by molar-refractivity contribution is 0.251. The Morgan fingerprint density at radius 2 is 1.44 bits per heavy atom. The van der Waals surface area contributed by atoms with E-state index in [0.29, 0.717) is 0 Å². The Labute approximate surface area is 250 Å². The molecule has 0 N–H and O–H groups in total. The zero-order valence-electron chi connectivity index (χ0n) is 24.1. The van der Waals surface area contributed by atoms with Gasteiger partial charge in [-0.05, 0) is 36.6 Å². The molecule has 9 heteroatoms. The number of benzene rings is 3. The maximum atomic E-state index is 9.15. The van der Waals surface area contributed by atoms with E-state index in [2.05, 4.69) is 67.2 Å². The summed E-state index contributed by atoms with van der Waals surface area (Å²) in [7, 11) is 2.00. The third-order valence-corrected chi connectivity index (χ3v) is 8.06. The average Bonchev–Trinajstić information content (AvgIpc) is 3.40. The summed E-state index contributed by atoms with van der Waals surface area (Å²) < 4.78 is 2.01. The predicted molar refractivity (Wildman–Crippen MR) is 168 cm³/mol. The molecule has 6 aromatic rings. The molecule has 1 saturated heterocycles. The van der Waals surface area contributed by atoms with Crippen molar-refractivity contribution in [1.82, 2.24) is 34.4 Å². The Morgan fingerprint density at radius 1 is 0.744 bits per heavy atom. The number of nitrogens with zero attached hydrogens (tertiary/aromatic N) is 9. The molecular formula is C34H31N9. The fraction of sp³-hybridized carbons (Fsp3) is 0.235. The SMILES string of the molecule is Cn1cnc2cc3nc(-c4ccc(CN5CCCN(c6ccnc(C#N)n6)CCC5)cc4)c(-c4ccccc4)nc3cc21. The van der Waals surface area contributed by atoms with Crippen LogP contribution < -0.4 is 4.90 Å². The second-order valence-electron chi connectivity index (χ2n) is 11.0. The number of hydrogen-bond donors (Lipinski definition) is 0. The van der Waals surface area contributed by atoms with E-state index in [1.807, 2.05) is 54.3 Å². The lowest BCUT2D eigenvalue weighted by Crippen LogP contribution is -2.36. The predicted octanol–water partition coefficient (Wildman–Crippen LogP) is 5.61. The van der Waals surface area contributed by atoms with Crippen LogP contribution in [0.4, 0.5) is 5.82 Å². The zero-order chi connectivity index (χ0) is 29.2. The minimum Gasteiger partial charge on any atom is -0.356 e. The second kappa shape index (κ2) is 11.6. The van der Waals surface area contributed by atoms with E-state index in [9.17, 15) is 0 Å². The van der Waals surface area contributed by atoms with Gasteiger partial charge in [-0.15, -0.1) is 0 Å². The summed E-state index contributed by atoms with van der Waals surface area (Å²) in [4.78, 5) is 28.0. The van der Waals surface area contributed by atoms with Gasteiger partial charge in [0.2, 0.25) is 5.82 Å². The third kappa shape index (κ3) is 5.53. The van der Waals surface area contributed by atoms with Crippen LogP contribution in [-0.2, 0) is 13.6 Å². The van der Waals surface area contributed by atoms with Gasteiger partial charge in [-0.2, -0.15) is 5.26 Å². The lowest BCUT2D eigenvalue weighted by Gasteiger charge is -2.31. The molecule has 0 amide bonds. The first-order valence-corrected chi connectivity index (χ1v) is 14.6. The molecule has 0 unspecified atom stereocenters. The first kappa shape index (κ1) is 26.7. The highest BCUT2D eigenvalue weighted by atomic mass is 15.2. The first-order chi connectivity index (χ1) is 21.1. The zero-order valence-corrected chi connectivity index (χ0v) is 24.1. The maximum absolute atomic E-state index is 9.15. The molecule has 0 bridgehead atoms. The van der Waals surface area contributed by atoms with Crippen molar-refractivity contribution in [3.8, 4) is 28.6 Å². The van der Waals surface area contributed by atoms with Crippen LogP contribution in [0.1, 0.15) is 24.2 Å². The average molecular weight is 566 g/mol. The molecule has 0 saturated carbocycles. The standard InChI is InChI=1S/C34H31N9/c1-41-23-37-29-19-27-28(20-30(29)41)39-33(25-7-3-2-4-8-25)34(38-27)26-11-9-24(10-12-26)22-42-15-5-17-43(18-6-16-42)32-13-14-36-31(21-35)40-32/h2-4,7-14,19-20,23H,5-6,15-18,22H2,1H3. The number of fused-ring (bicyclic) bond motifs is 2. The summed E-state index contributed by atoms with van der Waals surface area (Å²) in [5, 5.41) is 9.15. The van der Waals surface area contributed by atoms with E-state index in [1.54, 1.807) is 6.20 Å². The molecule has 4 heterocycles. The summed E-state index contributed by atoms with van der Waals surface area (Å²) in [6.07, 6.45) is 5.55. The van der Waals surface area contributed by atoms with Gasteiger partial charge in [0.15, 0.2) is 0 Å². The Morgan fingerprint density at radius 3 is 2.16 bits per heavy atom. The molecule has 3 aromatic carbocycles. The topological polar surface area (TPSA) is 99.7 Å². The molecule has 0 spiro atoms. The molecule has 0 radical (unpaired) electrons. The van der Waals surface area contributed by atoms with Crippen molar-refractivity contribution < 1.29 is 0 Å². The number of aryl methyl sites for hydroxylation is 1. The Kier molecular flexibility index (Phi) is 7.19. The van der Waals surface area contributed by atoms with Gasteiger partial charge >= 0.3 is 0 Å². The van der Waals surface area contributed by atoms with Crippen molar-refractivity contribution in [1.29, 1.82) is 5.26 Å². The number of rotatable bonds is 5. The van der Waals surface area contributed by atoms with Gasteiger partial charge in [0.25, 0.3) is 0 Å². The third-order valence-electron chi connectivity index (χ3n) is 8.06.